The SMILES string of the molecule is COc1ccc(S(=O)(=O)N(CCO)CCOC2CC(c3cccc4c3Cc3ccccc3-4)C=C(C(=O)Nc3ccc(N4C(=O)c5ccc(Cl)cc5C4=O)c(C)c3)O2)cc1. The van der Waals surface area contributed by atoms with E-state index in [0.717, 1.165) is 37.9 Å². The van der Waals surface area contributed by atoms with Crippen LogP contribution in [0.4, 0.5) is 11.4 Å². The van der Waals surface area contributed by atoms with Crippen molar-refractivity contribution in [3.05, 3.63) is 153 Å². The summed E-state index contributed by atoms with van der Waals surface area (Å²) in [5.74, 6) is -1.29. The van der Waals surface area contributed by atoms with Crippen LogP contribution in [0, 0.1) is 6.92 Å². The molecule has 0 fully saturated rings. The molecule has 5 aromatic rings. The van der Waals surface area contributed by atoms with Gasteiger partial charge in [-0.3, -0.25) is 14.4 Å². The van der Waals surface area contributed by atoms with Gasteiger partial charge >= 0.3 is 0 Å². The second-order valence-corrected chi connectivity index (χ2v) is 16.8. The number of imide groups is 1. The normalized spacial score (nSPS) is 17.0. The number of allylic oxidation sites excluding steroid dienone is 1. The minimum atomic E-state index is -3.99. The number of benzene rings is 5. The maximum absolute atomic E-state index is 14.0. The van der Waals surface area contributed by atoms with E-state index in [4.69, 9.17) is 25.8 Å². The quantitative estimate of drug-likeness (QED) is 0.116. The number of nitrogens with zero attached hydrogens (tertiary/aromatic N) is 2. The summed E-state index contributed by atoms with van der Waals surface area (Å²) in [6.07, 6.45) is 1.92. The first kappa shape index (κ1) is 40.0. The van der Waals surface area contributed by atoms with Crippen molar-refractivity contribution in [1.82, 2.24) is 4.31 Å². The molecule has 0 radical (unpaired) electrons. The van der Waals surface area contributed by atoms with Crippen LogP contribution >= 0.6 is 11.6 Å². The van der Waals surface area contributed by atoms with Crippen LogP contribution in [0.3, 0.4) is 0 Å². The third-order valence-corrected chi connectivity index (χ3v) is 13.0. The lowest BCUT2D eigenvalue weighted by molar-refractivity contribution is -0.143. The number of rotatable bonds is 13. The number of halogens is 1. The van der Waals surface area contributed by atoms with E-state index < -0.39 is 40.6 Å². The third kappa shape index (κ3) is 7.75. The van der Waals surface area contributed by atoms with Gasteiger partial charge in [0.25, 0.3) is 17.7 Å². The Morgan fingerprint density at radius 2 is 1.68 bits per heavy atom. The van der Waals surface area contributed by atoms with Crippen molar-refractivity contribution < 1.29 is 42.1 Å². The number of nitrogens with one attached hydrogen (secondary N) is 1. The molecule has 2 unspecified atom stereocenters. The van der Waals surface area contributed by atoms with Crippen molar-refractivity contribution in [3.63, 3.8) is 0 Å². The number of anilines is 2. The summed E-state index contributed by atoms with van der Waals surface area (Å²) >= 11 is 6.11. The highest BCUT2D eigenvalue weighted by atomic mass is 35.5. The molecule has 59 heavy (non-hydrogen) atoms. The molecule has 1 aliphatic carbocycles. The topological polar surface area (TPSA) is 152 Å². The molecule has 0 saturated carbocycles. The van der Waals surface area contributed by atoms with Crippen molar-refractivity contribution in [1.29, 1.82) is 0 Å². The number of carbonyl (C=O) groups is 3. The van der Waals surface area contributed by atoms with Crippen LogP contribution in [0.25, 0.3) is 11.1 Å². The number of aliphatic hydroxyl groups is 1. The van der Waals surface area contributed by atoms with E-state index in [1.165, 1.54) is 36.9 Å². The molecule has 8 rings (SSSR count). The van der Waals surface area contributed by atoms with Gasteiger partial charge < -0.3 is 24.6 Å². The molecular formula is C45H40ClN3O9S. The van der Waals surface area contributed by atoms with Crippen LogP contribution in [0.5, 0.6) is 5.75 Å². The molecular weight excluding hydrogens is 794 g/mol. The van der Waals surface area contributed by atoms with Gasteiger partial charge in [0, 0.05) is 36.1 Å². The third-order valence-electron chi connectivity index (χ3n) is 10.8. The highest BCUT2D eigenvalue weighted by Gasteiger charge is 2.38. The van der Waals surface area contributed by atoms with Gasteiger partial charge in [-0.2, -0.15) is 4.31 Å². The number of hydrogen-bond acceptors (Lipinski definition) is 9. The van der Waals surface area contributed by atoms with E-state index in [-0.39, 0.29) is 47.4 Å². The zero-order valence-electron chi connectivity index (χ0n) is 32.2. The monoisotopic (exact) mass is 833 g/mol. The largest absolute Gasteiger partial charge is 0.497 e. The van der Waals surface area contributed by atoms with Crippen LogP contribution in [-0.2, 0) is 30.7 Å². The Morgan fingerprint density at radius 1 is 0.915 bits per heavy atom. The fourth-order valence-corrected chi connectivity index (χ4v) is 9.51. The van der Waals surface area contributed by atoms with Gasteiger partial charge in [0.1, 0.15) is 5.75 Å². The number of ether oxygens (including phenoxy) is 3. The number of aryl methyl sites for hydroxylation is 1. The first-order valence-corrected chi connectivity index (χ1v) is 20.8. The van der Waals surface area contributed by atoms with Crippen LogP contribution in [0.15, 0.2) is 120 Å². The van der Waals surface area contributed by atoms with Gasteiger partial charge in [-0.1, -0.05) is 54.1 Å². The van der Waals surface area contributed by atoms with E-state index in [1.54, 1.807) is 49.4 Å². The average molecular weight is 834 g/mol. The number of amides is 3. The van der Waals surface area contributed by atoms with Gasteiger partial charge in [-0.15, -0.1) is 0 Å². The predicted octanol–water partition coefficient (Wildman–Crippen LogP) is 7.08. The molecule has 0 spiro atoms. The highest BCUT2D eigenvalue weighted by molar-refractivity contribution is 7.89. The molecule has 0 saturated heterocycles. The second-order valence-electron chi connectivity index (χ2n) is 14.4. The molecule has 12 nitrogen and oxygen atoms in total. The fourth-order valence-electron chi connectivity index (χ4n) is 7.92. The van der Waals surface area contributed by atoms with E-state index in [0.29, 0.717) is 34.1 Å². The fraction of sp³-hybridized carbons (Fsp3) is 0.222. The van der Waals surface area contributed by atoms with Crippen LogP contribution in [0.1, 0.15) is 55.3 Å². The molecule has 0 bridgehead atoms. The zero-order valence-corrected chi connectivity index (χ0v) is 33.8. The summed E-state index contributed by atoms with van der Waals surface area (Å²) in [4.78, 5) is 41.7. The Morgan fingerprint density at radius 3 is 2.44 bits per heavy atom. The summed E-state index contributed by atoms with van der Waals surface area (Å²) < 4.78 is 45.8. The Hall–Kier alpha value is -5.83. The number of hydrogen-bond donors (Lipinski definition) is 2. The summed E-state index contributed by atoms with van der Waals surface area (Å²) in [7, 11) is -2.51. The van der Waals surface area contributed by atoms with Crippen molar-refractivity contribution in [2.45, 2.75) is 36.9 Å². The Balaban J connectivity index is 1.03. The van der Waals surface area contributed by atoms with Gasteiger partial charge in [-0.25, -0.2) is 13.3 Å². The van der Waals surface area contributed by atoms with Crippen LogP contribution in [0.2, 0.25) is 5.02 Å². The molecule has 0 aromatic heterocycles. The number of carbonyl (C=O) groups excluding carboxylic acids is 3. The van der Waals surface area contributed by atoms with Gasteiger partial charge in [0.2, 0.25) is 16.3 Å². The van der Waals surface area contributed by atoms with Gasteiger partial charge in [0.15, 0.2) is 5.76 Å². The van der Waals surface area contributed by atoms with Gasteiger partial charge in [0.05, 0.1) is 42.0 Å². The summed E-state index contributed by atoms with van der Waals surface area (Å²) in [6.45, 7) is 0.993. The smallest absolute Gasteiger partial charge is 0.290 e. The van der Waals surface area contributed by atoms with E-state index in [2.05, 4.69) is 23.5 Å². The van der Waals surface area contributed by atoms with Crippen molar-refractivity contribution in [3.8, 4) is 16.9 Å². The number of methoxy groups -OCH3 is 1. The van der Waals surface area contributed by atoms with Gasteiger partial charge in [-0.05, 0) is 113 Å². The van der Waals surface area contributed by atoms with E-state index in [9.17, 15) is 27.9 Å². The molecule has 2 atom stereocenters. The lowest BCUT2D eigenvalue weighted by atomic mass is 9.87. The second kappa shape index (κ2) is 16.4. The van der Waals surface area contributed by atoms with Crippen molar-refractivity contribution >= 4 is 50.7 Å². The molecule has 2 N–H and O–H groups in total. The predicted molar refractivity (Wildman–Crippen MR) is 222 cm³/mol. The minimum Gasteiger partial charge on any atom is -0.497 e. The molecule has 14 heteroatoms. The molecule has 2 aliphatic heterocycles. The highest BCUT2D eigenvalue weighted by Crippen LogP contribution is 2.43. The summed E-state index contributed by atoms with van der Waals surface area (Å²) in [6, 6.07) is 29.8. The lowest BCUT2D eigenvalue weighted by Crippen LogP contribution is -2.38. The first-order chi connectivity index (χ1) is 28.5. The molecule has 3 aliphatic rings. The number of aliphatic hydroxyl groups excluding tert-OH is 1. The first-order valence-electron chi connectivity index (χ1n) is 19.0. The Kier molecular flexibility index (Phi) is 11.1. The summed E-state index contributed by atoms with van der Waals surface area (Å²) in [5, 5.41) is 13.0. The zero-order chi connectivity index (χ0) is 41.4. The van der Waals surface area contributed by atoms with E-state index >= 15 is 0 Å². The van der Waals surface area contributed by atoms with E-state index in [1.807, 2.05) is 24.3 Å². The maximum Gasteiger partial charge on any atom is 0.290 e. The maximum atomic E-state index is 14.0. The number of sulfonamides is 1. The summed E-state index contributed by atoms with van der Waals surface area (Å²) in [5.41, 5.74) is 7.49. The lowest BCUT2D eigenvalue weighted by Gasteiger charge is -2.31. The molecule has 3 amide bonds. The van der Waals surface area contributed by atoms with Crippen molar-refractivity contribution in [2.24, 2.45) is 0 Å². The Labute approximate surface area is 346 Å². The molecule has 302 valence electrons. The average Bonchev–Trinajstić information content (AvgIpc) is 3.73. The van der Waals surface area contributed by atoms with Crippen molar-refractivity contribution in [2.75, 3.05) is 43.6 Å². The number of fused-ring (bicyclic) bond motifs is 4. The standard InChI is InChI=1S/C45H40ClN3O9S/c1-27-22-31(11-17-40(27)49-44(52)37-16-10-30(46)26-39(37)45(49)53)47-43(51)41-24-29(35-8-5-9-36-34-7-4-3-6-28(34)23-38(35)36)25-42(58-41)57-21-19-48(18-20-50)59(54,55)33-14-12-32(56-2)13-15-33/h3-17,22,24,26,29,42,50H,18-21,23,25H2,1-2H3,(H,47,51). The van der Waals surface area contributed by atoms with Crippen LogP contribution in [-0.4, -0.2) is 75.3 Å². The minimum absolute atomic E-state index is 0.0105. The molecule has 5 aromatic carbocycles. The molecule has 2 heterocycles. The Bertz CT molecular complexity index is 2630. The van der Waals surface area contributed by atoms with Crippen LogP contribution < -0.4 is 15.0 Å².